The lowest BCUT2D eigenvalue weighted by Gasteiger charge is -2.14. The van der Waals surface area contributed by atoms with Crippen molar-refractivity contribution in [2.24, 2.45) is 0 Å². The molecular weight excluding hydrogens is 304 g/mol. The zero-order valence-corrected chi connectivity index (χ0v) is 13.7. The highest BCUT2D eigenvalue weighted by Crippen LogP contribution is 2.22. The van der Waals surface area contributed by atoms with Gasteiger partial charge in [0.25, 0.3) is 17.4 Å². The van der Waals surface area contributed by atoms with E-state index in [0.29, 0.717) is 29.7 Å². The van der Waals surface area contributed by atoms with Crippen LogP contribution in [0.3, 0.4) is 0 Å². The molecule has 1 aliphatic heterocycles. The van der Waals surface area contributed by atoms with Gasteiger partial charge in [0.15, 0.2) is 0 Å². The third kappa shape index (κ3) is 2.89. The van der Waals surface area contributed by atoms with Gasteiger partial charge in [-0.25, -0.2) is 0 Å². The second-order valence-corrected chi connectivity index (χ2v) is 5.94. The number of hydrogen-bond acceptors (Lipinski definition) is 3. The zero-order valence-electron chi connectivity index (χ0n) is 13.7. The number of aryl methyl sites for hydroxylation is 1. The van der Waals surface area contributed by atoms with E-state index in [-0.39, 0.29) is 23.9 Å². The minimum atomic E-state index is -0.280. The summed E-state index contributed by atoms with van der Waals surface area (Å²) < 4.78 is 1.70. The van der Waals surface area contributed by atoms with Crippen LogP contribution in [0.15, 0.2) is 47.4 Å². The van der Waals surface area contributed by atoms with Crippen molar-refractivity contribution in [3.8, 4) is 0 Å². The van der Waals surface area contributed by atoms with Gasteiger partial charge >= 0.3 is 0 Å². The van der Waals surface area contributed by atoms with Crippen molar-refractivity contribution in [3.63, 3.8) is 0 Å². The Bertz CT molecular complexity index is 804. The van der Waals surface area contributed by atoms with E-state index in [0.717, 1.165) is 12.8 Å². The van der Waals surface area contributed by atoms with Gasteiger partial charge in [0.05, 0.1) is 11.1 Å². The minimum absolute atomic E-state index is 0.0393. The molecule has 1 aromatic carbocycles. The van der Waals surface area contributed by atoms with Crippen molar-refractivity contribution in [1.29, 1.82) is 0 Å². The standard InChI is InChI=1S/C19H20N2O3/c1-2-3-11-20-12-6-7-14(17(20)22)10-13-21-18(23)15-8-4-5-9-16(15)19(21)24/h4-9,12H,2-3,10-11,13H2,1H3. The highest BCUT2D eigenvalue weighted by molar-refractivity contribution is 6.21. The summed E-state index contributed by atoms with van der Waals surface area (Å²) in [6.07, 6.45) is 4.12. The summed E-state index contributed by atoms with van der Waals surface area (Å²) in [5.74, 6) is -0.560. The van der Waals surface area contributed by atoms with E-state index >= 15 is 0 Å². The lowest BCUT2D eigenvalue weighted by Crippen LogP contribution is -2.33. The quantitative estimate of drug-likeness (QED) is 0.767. The summed E-state index contributed by atoms with van der Waals surface area (Å²) in [5, 5.41) is 0. The fraction of sp³-hybridized carbons (Fsp3) is 0.316. The first-order chi connectivity index (χ1) is 11.6. The van der Waals surface area contributed by atoms with Crippen LogP contribution < -0.4 is 5.56 Å². The number of carbonyl (C=O) groups excluding carboxylic acids is 2. The average molecular weight is 324 g/mol. The van der Waals surface area contributed by atoms with Crippen molar-refractivity contribution in [2.75, 3.05) is 6.54 Å². The Balaban J connectivity index is 1.75. The van der Waals surface area contributed by atoms with E-state index in [1.165, 1.54) is 4.90 Å². The first-order valence-electron chi connectivity index (χ1n) is 8.27. The van der Waals surface area contributed by atoms with Gasteiger partial charge in [0, 0.05) is 24.8 Å². The number of imide groups is 1. The highest BCUT2D eigenvalue weighted by atomic mass is 16.2. The van der Waals surface area contributed by atoms with Gasteiger partial charge in [-0.1, -0.05) is 31.5 Å². The fourth-order valence-electron chi connectivity index (χ4n) is 2.96. The highest BCUT2D eigenvalue weighted by Gasteiger charge is 2.34. The molecule has 0 radical (unpaired) electrons. The van der Waals surface area contributed by atoms with Gasteiger partial charge in [0.2, 0.25) is 0 Å². The molecule has 1 aliphatic rings. The minimum Gasteiger partial charge on any atom is -0.315 e. The summed E-state index contributed by atoms with van der Waals surface area (Å²) in [6.45, 7) is 2.99. The molecule has 2 aromatic rings. The number of unbranched alkanes of at least 4 members (excludes halogenated alkanes) is 1. The maximum absolute atomic E-state index is 12.4. The average Bonchev–Trinajstić information content (AvgIpc) is 2.84. The molecule has 3 rings (SSSR count). The number of rotatable bonds is 6. The molecule has 5 heteroatoms. The van der Waals surface area contributed by atoms with Gasteiger partial charge < -0.3 is 4.57 Å². The first-order valence-corrected chi connectivity index (χ1v) is 8.27. The molecule has 24 heavy (non-hydrogen) atoms. The number of pyridine rings is 1. The Labute approximate surface area is 140 Å². The molecule has 0 unspecified atom stereocenters. The van der Waals surface area contributed by atoms with Crippen molar-refractivity contribution >= 4 is 11.8 Å². The van der Waals surface area contributed by atoms with E-state index in [2.05, 4.69) is 6.92 Å². The lowest BCUT2D eigenvalue weighted by atomic mass is 10.1. The Morgan fingerprint density at radius 1 is 0.875 bits per heavy atom. The molecule has 5 nitrogen and oxygen atoms in total. The van der Waals surface area contributed by atoms with Crippen LogP contribution in [0.25, 0.3) is 0 Å². The zero-order chi connectivity index (χ0) is 17.1. The van der Waals surface area contributed by atoms with Crippen LogP contribution >= 0.6 is 0 Å². The van der Waals surface area contributed by atoms with Gasteiger partial charge in [-0.2, -0.15) is 0 Å². The normalized spacial score (nSPS) is 13.5. The predicted molar refractivity (Wildman–Crippen MR) is 91.1 cm³/mol. The molecule has 0 atom stereocenters. The van der Waals surface area contributed by atoms with E-state index in [1.807, 2.05) is 6.07 Å². The van der Waals surface area contributed by atoms with Crippen molar-refractivity contribution < 1.29 is 9.59 Å². The van der Waals surface area contributed by atoms with Crippen LogP contribution in [-0.4, -0.2) is 27.8 Å². The number of nitrogens with zero attached hydrogens (tertiary/aromatic N) is 2. The molecule has 0 N–H and O–H groups in total. The molecule has 0 saturated carbocycles. The van der Waals surface area contributed by atoms with Crippen LogP contribution in [0.5, 0.6) is 0 Å². The monoisotopic (exact) mass is 324 g/mol. The fourth-order valence-corrected chi connectivity index (χ4v) is 2.96. The summed E-state index contributed by atoms with van der Waals surface area (Å²) in [5.41, 5.74) is 1.47. The molecule has 1 aromatic heterocycles. The largest absolute Gasteiger partial charge is 0.315 e. The van der Waals surface area contributed by atoms with Gasteiger partial charge in [0.1, 0.15) is 0 Å². The van der Waals surface area contributed by atoms with E-state index in [4.69, 9.17) is 0 Å². The first kappa shape index (κ1) is 16.2. The van der Waals surface area contributed by atoms with Crippen molar-refractivity contribution in [2.45, 2.75) is 32.7 Å². The van der Waals surface area contributed by atoms with Crippen LogP contribution in [0, 0.1) is 0 Å². The van der Waals surface area contributed by atoms with E-state index in [9.17, 15) is 14.4 Å². The topological polar surface area (TPSA) is 59.4 Å². The Morgan fingerprint density at radius 2 is 1.54 bits per heavy atom. The number of amides is 2. The molecule has 0 bridgehead atoms. The Kier molecular flexibility index (Phi) is 4.60. The summed E-state index contributed by atoms with van der Waals surface area (Å²) in [4.78, 5) is 38.4. The van der Waals surface area contributed by atoms with Gasteiger partial charge in [-0.15, -0.1) is 0 Å². The van der Waals surface area contributed by atoms with Crippen LogP contribution in [0.2, 0.25) is 0 Å². The predicted octanol–water partition coefficient (Wildman–Crippen LogP) is 2.49. The summed E-state index contributed by atoms with van der Waals surface area (Å²) in [6, 6.07) is 10.4. The smallest absolute Gasteiger partial charge is 0.261 e. The Morgan fingerprint density at radius 3 is 2.17 bits per heavy atom. The number of benzene rings is 1. The van der Waals surface area contributed by atoms with Crippen LogP contribution in [0.4, 0.5) is 0 Å². The molecule has 0 aliphatic carbocycles. The number of carbonyl (C=O) groups is 2. The lowest BCUT2D eigenvalue weighted by molar-refractivity contribution is 0.0656. The van der Waals surface area contributed by atoms with Crippen LogP contribution in [-0.2, 0) is 13.0 Å². The molecule has 124 valence electrons. The molecule has 2 heterocycles. The molecular formula is C19H20N2O3. The second-order valence-electron chi connectivity index (χ2n) is 5.94. The Hall–Kier alpha value is -2.69. The number of hydrogen-bond donors (Lipinski definition) is 0. The maximum atomic E-state index is 12.4. The van der Waals surface area contributed by atoms with E-state index < -0.39 is 0 Å². The summed E-state index contributed by atoms with van der Waals surface area (Å²) in [7, 11) is 0. The third-order valence-electron chi connectivity index (χ3n) is 4.33. The van der Waals surface area contributed by atoms with Gasteiger partial charge in [-0.3, -0.25) is 19.3 Å². The van der Waals surface area contributed by atoms with Crippen LogP contribution in [0.1, 0.15) is 46.0 Å². The molecule has 0 fully saturated rings. The molecule has 0 saturated heterocycles. The molecule has 2 amide bonds. The molecule has 0 spiro atoms. The number of fused-ring (bicyclic) bond motifs is 1. The van der Waals surface area contributed by atoms with Crippen molar-refractivity contribution in [1.82, 2.24) is 9.47 Å². The van der Waals surface area contributed by atoms with Gasteiger partial charge in [-0.05, 0) is 31.0 Å². The van der Waals surface area contributed by atoms with E-state index in [1.54, 1.807) is 41.1 Å². The SMILES string of the molecule is CCCCn1cccc(CCN2C(=O)c3ccccc3C2=O)c1=O. The maximum Gasteiger partial charge on any atom is 0.261 e. The van der Waals surface area contributed by atoms with Crippen molar-refractivity contribution in [3.05, 3.63) is 69.6 Å². The third-order valence-corrected chi connectivity index (χ3v) is 4.33. The number of aromatic nitrogens is 1. The summed E-state index contributed by atoms with van der Waals surface area (Å²) >= 11 is 0. The second kappa shape index (κ2) is 6.83.